The molecule has 256 valence electrons. The van der Waals surface area contributed by atoms with E-state index in [-0.39, 0.29) is 36.1 Å². The Hall–Kier alpha value is -3.68. The molecule has 0 radical (unpaired) electrons. The maximum Gasteiger partial charge on any atom is 0.103 e. The van der Waals surface area contributed by atoms with Crippen LogP contribution in [0.1, 0.15) is 36.8 Å². The lowest BCUT2D eigenvalue weighted by Gasteiger charge is -2.59. The number of rotatable bonds is 6. The van der Waals surface area contributed by atoms with Gasteiger partial charge in [0.15, 0.2) is 0 Å². The monoisotopic (exact) mass is 666 g/mol. The molecule has 50 heavy (non-hydrogen) atoms. The van der Waals surface area contributed by atoms with E-state index in [4.69, 9.17) is 0 Å². The summed E-state index contributed by atoms with van der Waals surface area (Å²) in [6, 6.07) is 20.3. The molecule has 10 atom stereocenters. The average Bonchev–Trinajstić information content (AvgIpc) is 3.81. The van der Waals surface area contributed by atoms with Gasteiger partial charge in [-0.05, 0) is 57.7 Å². The lowest BCUT2D eigenvalue weighted by molar-refractivity contribution is -0.937. The molecular weight excluding hydrogens is 617 g/mol. The number of nitrogens with zero attached hydrogens (tertiary/aromatic N) is 4. The summed E-state index contributed by atoms with van der Waals surface area (Å²) in [5.74, 6) is 0.615. The minimum Gasteiger partial charge on any atom is -0.392 e. The fraction of sp³-hybridized carbons (Fsp3) is 0.455. The van der Waals surface area contributed by atoms with Gasteiger partial charge in [0.2, 0.25) is 0 Å². The maximum absolute atomic E-state index is 10.5. The first-order valence-corrected chi connectivity index (χ1v) is 19.2. The number of hydrogen-bond acceptors (Lipinski definition) is 4. The minimum atomic E-state index is 0.0183. The van der Waals surface area contributed by atoms with E-state index in [2.05, 4.69) is 108 Å². The molecule has 2 aromatic rings. The van der Waals surface area contributed by atoms with E-state index in [0.29, 0.717) is 23.9 Å². The van der Waals surface area contributed by atoms with E-state index < -0.39 is 0 Å². The molecule has 6 heteroatoms. The SMILES string of the molecule is C=CC[N@@+]12CC[C@@]34c5ccccc5N5C=C6[C@H]7C[C@H]8[C@@]9(CC[N@@+]8(CC=C)CC7=CCO)c7ccccc7N(C=C([C@@H](C[C@@H]31)C(=CCO)C2)[C@H]54)[C@@H]69. The average molecular weight is 667 g/mol. The summed E-state index contributed by atoms with van der Waals surface area (Å²) in [7, 11) is 0. The zero-order valence-corrected chi connectivity index (χ0v) is 29.1. The Morgan fingerprint density at radius 3 is 1.54 bits per heavy atom. The van der Waals surface area contributed by atoms with Gasteiger partial charge in [-0.3, -0.25) is 0 Å². The van der Waals surface area contributed by atoms with E-state index in [1.54, 1.807) is 11.1 Å². The third kappa shape index (κ3) is 3.24. The standard InChI is InChI=1S/C44H50N4O2/c1-3-17-47-19-15-43-35-9-5-7-11-37(35)45-26-34-32-24-40-44(16-20-48(40,18-4-2)28-30(32)14-22-50)36-10-6-8-12-38(36)46(42(34)44)25-33(41(43)45)31(23-39(43)47)29(27-47)13-21-49/h3-14,25-26,31-32,39-42,49-50H,1-2,15-24,27-28H2/q+2/t31-,32-,39-,40-,41-,42-,43+,44+,47-,48-/m0/s1. The highest BCUT2D eigenvalue weighted by Gasteiger charge is 2.75. The second-order valence-electron chi connectivity index (χ2n) is 17.2. The van der Waals surface area contributed by atoms with Crippen LogP contribution in [0.2, 0.25) is 0 Å². The van der Waals surface area contributed by atoms with Gasteiger partial charge < -0.3 is 29.0 Å². The van der Waals surface area contributed by atoms with Crippen molar-refractivity contribution in [2.24, 2.45) is 11.8 Å². The quantitative estimate of drug-likeness (QED) is 0.317. The van der Waals surface area contributed by atoms with E-state index in [0.717, 1.165) is 73.9 Å². The van der Waals surface area contributed by atoms with Crippen molar-refractivity contribution in [3.05, 3.63) is 132 Å². The number of anilines is 2. The zero-order chi connectivity index (χ0) is 33.6. The molecule has 7 heterocycles. The second-order valence-corrected chi connectivity index (χ2v) is 17.2. The molecule has 6 nitrogen and oxygen atoms in total. The van der Waals surface area contributed by atoms with Crippen LogP contribution in [0, 0.1) is 11.8 Å². The molecule has 0 aromatic heterocycles. The molecule has 7 aliphatic heterocycles. The Bertz CT molecular complexity index is 1850. The van der Waals surface area contributed by atoms with Crippen molar-refractivity contribution in [3.63, 3.8) is 0 Å². The third-order valence-corrected chi connectivity index (χ3v) is 15.9. The molecule has 2 N–H and O–H groups in total. The number of para-hydroxylation sites is 2. The first-order chi connectivity index (χ1) is 24.5. The van der Waals surface area contributed by atoms with Gasteiger partial charge in [0.05, 0.1) is 62.3 Å². The normalized spacial score (nSPS) is 43.4. The second kappa shape index (κ2) is 10.0. The fourth-order valence-electron chi connectivity index (χ4n) is 14.6. The molecule has 2 aromatic carbocycles. The first kappa shape index (κ1) is 30.0. The molecule has 2 saturated carbocycles. The highest BCUT2D eigenvalue weighted by Crippen LogP contribution is 2.69. The Balaban J connectivity index is 1.22. The molecule has 6 fully saturated rings. The highest BCUT2D eigenvalue weighted by atomic mass is 16.3. The van der Waals surface area contributed by atoms with Gasteiger partial charge in [-0.25, -0.2) is 0 Å². The summed E-state index contributed by atoms with van der Waals surface area (Å²) in [5, 5.41) is 20.9. The lowest BCUT2D eigenvalue weighted by atomic mass is 9.56. The fourth-order valence-corrected chi connectivity index (χ4v) is 14.6. The number of aliphatic hydroxyl groups excluding tert-OH is 2. The van der Waals surface area contributed by atoms with E-state index >= 15 is 0 Å². The van der Waals surface area contributed by atoms with Gasteiger partial charge in [0.25, 0.3) is 0 Å². The lowest BCUT2D eigenvalue weighted by Crippen LogP contribution is -2.69. The number of piperidine rings is 2. The van der Waals surface area contributed by atoms with Crippen LogP contribution >= 0.6 is 0 Å². The highest BCUT2D eigenvalue weighted by molar-refractivity contribution is 5.77. The molecule has 11 rings (SSSR count). The molecule has 4 bridgehead atoms. The summed E-state index contributed by atoms with van der Waals surface area (Å²) in [6.45, 7) is 15.0. The van der Waals surface area contributed by atoms with Crippen LogP contribution in [-0.2, 0) is 10.8 Å². The van der Waals surface area contributed by atoms with Crippen molar-refractivity contribution in [1.29, 1.82) is 0 Å². The van der Waals surface area contributed by atoms with Crippen LogP contribution in [-0.4, -0.2) is 95.8 Å². The van der Waals surface area contributed by atoms with Gasteiger partial charge in [-0.2, -0.15) is 0 Å². The predicted octanol–water partition coefficient (Wildman–Crippen LogP) is 5.48. The van der Waals surface area contributed by atoms with Crippen molar-refractivity contribution >= 4 is 11.4 Å². The molecule has 9 aliphatic rings. The van der Waals surface area contributed by atoms with Gasteiger partial charge >= 0.3 is 0 Å². The Morgan fingerprint density at radius 1 is 0.680 bits per heavy atom. The van der Waals surface area contributed by atoms with Crippen molar-refractivity contribution < 1.29 is 19.2 Å². The van der Waals surface area contributed by atoms with Gasteiger partial charge in [-0.15, -0.1) is 0 Å². The Kier molecular flexibility index (Phi) is 6.00. The summed E-state index contributed by atoms with van der Waals surface area (Å²) < 4.78 is 2.12. The van der Waals surface area contributed by atoms with E-state index in [1.165, 1.54) is 33.6 Å². The molecular formula is C44H50N4O2+2. The zero-order valence-electron chi connectivity index (χ0n) is 29.1. The van der Waals surface area contributed by atoms with Crippen LogP contribution in [0.3, 0.4) is 0 Å². The molecule has 2 spiro atoms. The largest absolute Gasteiger partial charge is 0.392 e. The Labute approximate surface area is 296 Å². The summed E-state index contributed by atoms with van der Waals surface area (Å²) in [6.07, 6.45) is 18.6. The summed E-state index contributed by atoms with van der Waals surface area (Å²) in [4.78, 5) is 5.54. The smallest absolute Gasteiger partial charge is 0.103 e. The first-order valence-electron chi connectivity index (χ1n) is 19.2. The van der Waals surface area contributed by atoms with E-state index in [9.17, 15) is 10.2 Å². The number of aliphatic hydroxyl groups is 2. The summed E-state index contributed by atoms with van der Waals surface area (Å²) in [5.41, 5.74) is 11.8. The summed E-state index contributed by atoms with van der Waals surface area (Å²) >= 11 is 0. The molecule has 2 aliphatic carbocycles. The van der Waals surface area contributed by atoms with Crippen LogP contribution < -0.4 is 9.80 Å². The van der Waals surface area contributed by atoms with Crippen LogP contribution in [0.25, 0.3) is 0 Å². The van der Waals surface area contributed by atoms with Gasteiger partial charge in [0.1, 0.15) is 25.2 Å². The van der Waals surface area contributed by atoms with Gasteiger partial charge in [0, 0.05) is 61.3 Å². The van der Waals surface area contributed by atoms with Crippen molar-refractivity contribution in [2.45, 2.75) is 60.7 Å². The number of hydrogen-bond donors (Lipinski definition) is 2. The Morgan fingerprint density at radius 2 is 1.12 bits per heavy atom. The molecule has 0 amide bonds. The van der Waals surface area contributed by atoms with E-state index in [1.807, 2.05) is 0 Å². The van der Waals surface area contributed by atoms with Crippen LogP contribution in [0.4, 0.5) is 11.4 Å². The van der Waals surface area contributed by atoms with Crippen molar-refractivity contribution in [2.75, 3.05) is 62.3 Å². The predicted molar refractivity (Wildman–Crippen MR) is 198 cm³/mol. The molecule has 0 unspecified atom stereocenters. The topological polar surface area (TPSA) is 46.9 Å². The van der Waals surface area contributed by atoms with Crippen LogP contribution in [0.5, 0.6) is 0 Å². The third-order valence-electron chi connectivity index (χ3n) is 15.9. The van der Waals surface area contributed by atoms with Gasteiger partial charge in [-0.1, -0.05) is 61.7 Å². The number of benzene rings is 2. The minimum absolute atomic E-state index is 0.0183. The van der Waals surface area contributed by atoms with Crippen molar-refractivity contribution in [3.8, 4) is 0 Å². The maximum atomic E-state index is 10.5. The van der Waals surface area contributed by atoms with Crippen molar-refractivity contribution in [1.82, 2.24) is 0 Å². The number of quaternary nitrogens is 2. The number of fused-ring (bicyclic) bond motifs is 8. The molecule has 4 saturated heterocycles. The van der Waals surface area contributed by atoms with Crippen LogP contribution in [0.15, 0.2) is 121 Å².